The Morgan fingerprint density at radius 2 is 1.95 bits per heavy atom. The number of urea groups is 1. The van der Waals surface area contributed by atoms with Crippen molar-refractivity contribution < 1.29 is 14.3 Å². The Bertz CT molecular complexity index is 472. The number of hydrogen-bond donors (Lipinski definition) is 2. The highest BCUT2D eigenvalue weighted by atomic mass is 16.7. The Kier molecular flexibility index (Phi) is 4.41. The van der Waals surface area contributed by atoms with Crippen LogP contribution in [0.25, 0.3) is 0 Å². The minimum Gasteiger partial charge on any atom is -0.347 e. The molecule has 1 spiro atoms. The Morgan fingerprint density at radius 1 is 1.19 bits per heavy atom. The third-order valence-corrected chi connectivity index (χ3v) is 4.05. The zero-order chi connectivity index (χ0) is 14.5. The summed E-state index contributed by atoms with van der Waals surface area (Å²) in [7, 11) is 0. The van der Waals surface area contributed by atoms with Gasteiger partial charge in [0.25, 0.3) is 0 Å². The van der Waals surface area contributed by atoms with Gasteiger partial charge in [0.15, 0.2) is 5.79 Å². The average Bonchev–Trinajstić information content (AvgIpc) is 2.90. The zero-order valence-corrected chi connectivity index (χ0v) is 12.1. The summed E-state index contributed by atoms with van der Waals surface area (Å²) in [5.74, 6) is -0.375. The molecule has 21 heavy (non-hydrogen) atoms. The lowest BCUT2D eigenvalue weighted by Crippen LogP contribution is -2.38. The van der Waals surface area contributed by atoms with Crippen LogP contribution in [0.2, 0.25) is 0 Å². The summed E-state index contributed by atoms with van der Waals surface area (Å²) in [5, 5.41) is 5.63. The van der Waals surface area contributed by atoms with Crippen LogP contribution in [0.3, 0.4) is 0 Å². The van der Waals surface area contributed by atoms with E-state index < -0.39 is 0 Å². The van der Waals surface area contributed by atoms with Gasteiger partial charge in [-0.25, -0.2) is 4.79 Å². The highest BCUT2D eigenvalue weighted by Crippen LogP contribution is 2.37. The minimum atomic E-state index is -0.375. The van der Waals surface area contributed by atoms with Crippen LogP contribution in [0.15, 0.2) is 30.3 Å². The van der Waals surface area contributed by atoms with E-state index in [0.29, 0.717) is 13.2 Å². The van der Waals surface area contributed by atoms with E-state index in [-0.39, 0.29) is 17.9 Å². The molecule has 0 unspecified atom stereocenters. The van der Waals surface area contributed by atoms with Gasteiger partial charge in [0, 0.05) is 25.1 Å². The number of ether oxygens (including phenoxy) is 2. The Hall–Kier alpha value is -1.59. The van der Waals surface area contributed by atoms with Crippen molar-refractivity contribution in [3.8, 4) is 0 Å². The Morgan fingerprint density at radius 3 is 2.71 bits per heavy atom. The fraction of sp³-hybridized carbons (Fsp3) is 0.562. The molecule has 1 aliphatic heterocycles. The number of benzene rings is 1. The second kappa shape index (κ2) is 6.45. The smallest absolute Gasteiger partial charge is 0.319 e. The van der Waals surface area contributed by atoms with E-state index in [9.17, 15) is 4.79 Å². The number of carbonyl (C=O) groups is 1. The van der Waals surface area contributed by atoms with Crippen molar-refractivity contribution in [2.45, 2.75) is 44.0 Å². The molecule has 0 radical (unpaired) electrons. The molecule has 1 atom stereocenters. The van der Waals surface area contributed by atoms with Crippen LogP contribution in [0.1, 0.15) is 32.1 Å². The van der Waals surface area contributed by atoms with Crippen molar-refractivity contribution in [2.75, 3.05) is 18.5 Å². The van der Waals surface area contributed by atoms with Crippen molar-refractivity contribution in [1.29, 1.82) is 0 Å². The number of hydrogen-bond acceptors (Lipinski definition) is 3. The molecule has 5 heteroatoms. The number of anilines is 1. The van der Waals surface area contributed by atoms with E-state index in [2.05, 4.69) is 10.6 Å². The van der Waals surface area contributed by atoms with Crippen molar-refractivity contribution in [2.24, 2.45) is 0 Å². The van der Waals surface area contributed by atoms with E-state index in [1.54, 1.807) is 0 Å². The molecular weight excluding hydrogens is 268 g/mol. The molecule has 1 aromatic rings. The average molecular weight is 290 g/mol. The second-order valence-electron chi connectivity index (χ2n) is 5.72. The number of rotatable bonds is 3. The van der Waals surface area contributed by atoms with Gasteiger partial charge in [-0.15, -0.1) is 0 Å². The standard InChI is InChI=1S/C16H22N2O3/c19-15(18-13-7-3-1-4-8-13)17-11-14-12-20-16(21-14)9-5-2-6-10-16/h1,3-4,7-8,14H,2,5-6,9-12H2,(H2,17,18,19)/t14-/m1/s1. The molecule has 1 aromatic carbocycles. The number of para-hydroxylation sites is 1. The van der Waals surface area contributed by atoms with Crippen LogP contribution in [-0.2, 0) is 9.47 Å². The fourth-order valence-corrected chi connectivity index (χ4v) is 2.97. The maximum atomic E-state index is 11.8. The lowest BCUT2D eigenvalue weighted by molar-refractivity contribution is -0.186. The van der Waals surface area contributed by atoms with E-state index in [1.165, 1.54) is 6.42 Å². The summed E-state index contributed by atoms with van der Waals surface area (Å²) >= 11 is 0. The largest absolute Gasteiger partial charge is 0.347 e. The number of carbonyl (C=O) groups excluding carboxylic acids is 1. The van der Waals surface area contributed by atoms with E-state index >= 15 is 0 Å². The van der Waals surface area contributed by atoms with Crippen LogP contribution in [0.4, 0.5) is 10.5 Å². The first-order valence-corrected chi connectivity index (χ1v) is 7.67. The summed E-state index contributed by atoms with van der Waals surface area (Å²) in [6.07, 6.45) is 5.48. The molecule has 2 N–H and O–H groups in total. The van der Waals surface area contributed by atoms with E-state index in [1.807, 2.05) is 30.3 Å². The molecule has 2 amide bonds. The highest BCUT2D eigenvalue weighted by molar-refractivity contribution is 5.89. The number of nitrogens with one attached hydrogen (secondary N) is 2. The van der Waals surface area contributed by atoms with Crippen LogP contribution in [-0.4, -0.2) is 31.1 Å². The van der Waals surface area contributed by atoms with Gasteiger partial charge >= 0.3 is 6.03 Å². The van der Waals surface area contributed by atoms with Crippen molar-refractivity contribution in [1.82, 2.24) is 5.32 Å². The van der Waals surface area contributed by atoms with Crippen LogP contribution < -0.4 is 10.6 Å². The molecule has 0 bridgehead atoms. The van der Waals surface area contributed by atoms with Gasteiger partial charge in [0.1, 0.15) is 6.10 Å². The molecule has 1 aliphatic carbocycles. The number of amides is 2. The molecule has 0 aromatic heterocycles. The summed E-state index contributed by atoms with van der Waals surface area (Å²) in [4.78, 5) is 11.8. The lowest BCUT2D eigenvalue weighted by Gasteiger charge is -2.31. The van der Waals surface area contributed by atoms with Gasteiger partial charge in [0.2, 0.25) is 0 Å². The van der Waals surface area contributed by atoms with Crippen LogP contribution in [0.5, 0.6) is 0 Å². The predicted octanol–water partition coefficient (Wildman–Crippen LogP) is 2.88. The normalized spacial score (nSPS) is 23.9. The highest BCUT2D eigenvalue weighted by Gasteiger charge is 2.42. The zero-order valence-electron chi connectivity index (χ0n) is 12.1. The first kappa shape index (κ1) is 14.4. The van der Waals surface area contributed by atoms with Gasteiger partial charge < -0.3 is 20.1 Å². The molecule has 1 saturated heterocycles. The van der Waals surface area contributed by atoms with Gasteiger partial charge in [-0.3, -0.25) is 0 Å². The molecule has 3 rings (SSSR count). The van der Waals surface area contributed by atoms with Gasteiger partial charge in [-0.05, 0) is 25.0 Å². The topological polar surface area (TPSA) is 59.6 Å². The third-order valence-electron chi connectivity index (χ3n) is 4.05. The van der Waals surface area contributed by atoms with Crippen LogP contribution >= 0.6 is 0 Å². The van der Waals surface area contributed by atoms with Crippen molar-refractivity contribution >= 4 is 11.7 Å². The molecule has 2 fully saturated rings. The first-order chi connectivity index (χ1) is 10.3. The maximum absolute atomic E-state index is 11.8. The minimum absolute atomic E-state index is 0.0513. The molecule has 5 nitrogen and oxygen atoms in total. The Labute approximate surface area is 125 Å². The van der Waals surface area contributed by atoms with Crippen molar-refractivity contribution in [3.05, 3.63) is 30.3 Å². The molecule has 1 heterocycles. The van der Waals surface area contributed by atoms with Gasteiger partial charge in [0.05, 0.1) is 6.61 Å². The second-order valence-corrected chi connectivity index (χ2v) is 5.72. The van der Waals surface area contributed by atoms with Gasteiger partial charge in [-0.2, -0.15) is 0 Å². The van der Waals surface area contributed by atoms with Crippen molar-refractivity contribution in [3.63, 3.8) is 0 Å². The quantitative estimate of drug-likeness (QED) is 0.900. The van der Waals surface area contributed by atoms with E-state index in [0.717, 1.165) is 31.4 Å². The van der Waals surface area contributed by atoms with E-state index in [4.69, 9.17) is 9.47 Å². The van der Waals surface area contributed by atoms with Gasteiger partial charge in [-0.1, -0.05) is 24.6 Å². The summed E-state index contributed by atoms with van der Waals surface area (Å²) in [5.41, 5.74) is 0.780. The summed E-state index contributed by atoms with van der Waals surface area (Å²) in [6.45, 7) is 1.03. The molecule has 1 saturated carbocycles. The molecular formula is C16H22N2O3. The summed E-state index contributed by atoms with van der Waals surface area (Å²) in [6, 6.07) is 9.18. The predicted molar refractivity (Wildman–Crippen MR) is 80.1 cm³/mol. The Balaban J connectivity index is 1.42. The van der Waals surface area contributed by atoms with Crippen LogP contribution in [0, 0.1) is 0 Å². The maximum Gasteiger partial charge on any atom is 0.319 e. The summed E-state index contributed by atoms with van der Waals surface area (Å²) < 4.78 is 11.9. The molecule has 2 aliphatic rings. The fourth-order valence-electron chi connectivity index (χ4n) is 2.97. The third kappa shape index (κ3) is 3.74. The monoisotopic (exact) mass is 290 g/mol. The SMILES string of the molecule is O=C(NC[C@@H]1COC2(CCCCC2)O1)Nc1ccccc1. The molecule has 114 valence electrons. The lowest BCUT2D eigenvalue weighted by atomic mass is 9.94. The first-order valence-electron chi connectivity index (χ1n) is 7.67.